The molecule has 1 aromatic heterocycles. The quantitative estimate of drug-likeness (QED) is 0.794. The Hall–Kier alpha value is 0.160. The first kappa shape index (κ1) is 9.71. The molecule has 0 radical (unpaired) electrons. The van der Waals surface area contributed by atoms with E-state index in [0.29, 0.717) is 0 Å². The van der Waals surface area contributed by atoms with Gasteiger partial charge >= 0.3 is 0 Å². The molecule has 0 atom stereocenters. The van der Waals surface area contributed by atoms with Crippen molar-refractivity contribution in [2.75, 3.05) is 0 Å². The highest BCUT2D eigenvalue weighted by Crippen LogP contribution is 2.34. The van der Waals surface area contributed by atoms with E-state index in [1.165, 1.54) is 0 Å². The molecule has 0 aliphatic carbocycles. The molecule has 1 N–H and O–H groups in total. The predicted octanol–water partition coefficient (Wildman–Crippen LogP) is 3.65. The van der Waals surface area contributed by atoms with Gasteiger partial charge in [-0.3, -0.25) is 0 Å². The molecule has 0 spiro atoms. The van der Waals surface area contributed by atoms with E-state index in [4.69, 9.17) is 16.7 Å². The average Bonchev–Trinajstić information content (AvgIpc) is 2.46. The van der Waals surface area contributed by atoms with Gasteiger partial charge in [-0.15, -0.1) is 11.3 Å². The molecule has 0 unspecified atom stereocenters. The standard InChI is InChI=1S/C9H6ClIOS/c10-7-4-13-8-2-6(11)1-5(3-12)9(7)8/h1-2,4,12H,3H2. The minimum Gasteiger partial charge on any atom is -0.392 e. The van der Waals surface area contributed by atoms with Crippen LogP contribution >= 0.6 is 45.5 Å². The molecular weight excluding hydrogens is 319 g/mol. The van der Waals surface area contributed by atoms with E-state index in [9.17, 15) is 0 Å². The third-order valence-corrected chi connectivity index (χ3v) is 3.83. The molecule has 0 aliphatic heterocycles. The van der Waals surface area contributed by atoms with Gasteiger partial charge in [0.25, 0.3) is 0 Å². The highest BCUT2D eigenvalue weighted by Gasteiger charge is 2.07. The summed E-state index contributed by atoms with van der Waals surface area (Å²) in [5.74, 6) is 0. The van der Waals surface area contributed by atoms with Crippen molar-refractivity contribution in [1.82, 2.24) is 0 Å². The van der Waals surface area contributed by atoms with Crippen LogP contribution in [0, 0.1) is 3.57 Å². The smallest absolute Gasteiger partial charge is 0.0689 e. The molecule has 2 aromatic rings. The highest BCUT2D eigenvalue weighted by atomic mass is 127. The summed E-state index contributed by atoms with van der Waals surface area (Å²) in [6.07, 6.45) is 0. The van der Waals surface area contributed by atoms with Crippen LogP contribution in [-0.2, 0) is 6.61 Å². The Morgan fingerprint density at radius 2 is 2.23 bits per heavy atom. The molecule has 0 bridgehead atoms. The molecule has 0 aliphatic rings. The summed E-state index contributed by atoms with van der Waals surface area (Å²) in [7, 11) is 0. The largest absolute Gasteiger partial charge is 0.392 e. The van der Waals surface area contributed by atoms with Gasteiger partial charge in [0.05, 0.1) is 11.6 Å². The lowest BCUT2D eigenvalue weighted by molar-refractivity contribution is 0.283. The second kappa shape index (κ2) is 3.73. The first-order valence-corrected chi connectivity index (χ1v) is 6.02. The fourth-order valence-corrected chi connectivity index (χ4v) is 3.51. The molecule has 1 heterocycles. The van der Waals surface area contributed by atoms with Gasteiger partial charge in [0.1, 0.15) is 0 Å². The van der Waals surface area contributed by atoms with Crippen molar-refractivity contribution >= 4 is 55.6 Å². The van der Waals surface area contributed by atoms with Crippen molar-refractivity contribution in [1.29, 1.82) is 0 Å². The predicted molar refractivity (Wildman–Crippen MR) is 65.5 cm³/mol. The number of rotatable bonds is 1. The van der Waals surface area contributed by atoms with Gasteiger partial charge in [-0.05, 0) is 40.3 Å². The third-order valence-electron chi connectivity index (χ3n) is 1.85. The van der Waals surface area contributed by atoms with Crippen molar-refractivity contribution < 1.29 is 5.11 Å². The molecule has 0 saturated heterocycles. The molecule has 4 heteroatoms. The zero-order chi connectivity index (χ0) is 9.42. The van der Waals surface area contributed by atoms with Crippen LogP contribution in [0.1, 0.15) is 5.56 Å². The number of fused-ring (bicyclic) bond motifs is 1. The molecule has 13 heavy (non-hydrogen) atoms. The van der Waals surface area contributed by atoms with Crippen molar-refractivity contribution in [3.63, 3.8) is 0 Å². The summed E-state index contributed by atoms with van der Waals surface area (Å²) in [6, 6.07) is 4.03. The number of aliphatic hydroxyl groups is 1. The minimum absolute atomic E-state index is 0.0454. The van der Waals surface area contributed by atoms with Gasteiger partial charge in [0, 0.05) is 19.0 Å². The Balaban J connectivity index is 2.85. The van der Waals surface area contributed by atoms with E-state index < -0.39 is 0 Å². The van der Waals surface area contributed by atoms with E-state index in [0.717, 1.165) is 24.2 Å². The van der Waals surface area contributed by atoms with Crippen LogP contribution in [0.2, 0.25) is 5.02 Å². The van der Waals surface area contributed by atoms with E-state index >= 15 is 0 Å². The number of aliphatic hydroxyl groups excluding tert-OH is 1. The molecule has 68 valence electrons. The molecule has 1 nitrogen and oxygen atoms in total. The maximum Gasteiger partial charge on any atom is 0.0689 e. The first-order chi connectivity index (χ1) is 6.22. The Morgan fingerprint density at radius 3 is 2.92 bits per heavy atom. The lowest BCUT2D eigenvalue weighted by Gasteiger charge is -2.00. The van der Waals surface area contributed by atoms with E-state index in [-0.39, 0.29) is 6.61 Å². The maximum absolute atomic E-state index is 9.15. The van der Waals surface area contributed by atoms with Gasteiger partial charge in [-0.2, -0.15) is 0 Å². The Labute approximate surface area is 98.5 Å². The Morgan fingerprint density at radius 1 is 1.46 bits per heavy atom. The summed E-state index contributed by atoms with van der Waals surface area (Å²) >= 11 is 9.85. The van der Waals surface area contributed by atoms with E-state index in [1.807, 2.05) is 11.4 Å². The van der Waals surface area contributed by atoms with E-state index in [2.05, 4.69) is 28.7 Å². The van der Waals surface area contributed by atoms with Crippen LogP contribution in [0.15, 0.2) is 17.5 Å². The van der Waals surface area contributed by atoms with Crippen LogP contribution in [0.4, 0.5) is 0 Å². The van der Waals surface area contributed by atoms with Crippen molar-refractivity contribution in [3.8, 4) is 0 Å². The summed E-state index contributed by atoms with van der Waals surface area (Å²) in [6.45, 7) is 0.0454. The van der Waals surface area contributed by atoms with Gasteiger partial charge in [-0.1, -0.05) is 11.6 Å². The van der Waals surface area contributed by atoms with Gasteiger partial charge in [0.15, 0.2) is 0 Å². The third kappa shape index (κ3) is 1.70. The molecule has 1 aromatic carbocycles. The molecule has 0 fully saturated rings. The van der Waals surface area contributed by atoms with Gasteiger partial charge < -0.3 is 5.11 Å². The van der Waals surface area contributed by atoms with Gasteiger partial charge in [-0.25, -0.2) is 0 Å². The normalized spacial score (nSPS) is 11.0. The number of benzene rings is 1. The van der Waals surface area contributed by atoms with Crippen molar-refractivity contribution in [2.24, 2.45) is 0 Å². The van der Waals surface area contributed by atoms with Crippen LogP contribution in [0.3, 0.4) is 0 Å². The summed E-state index contributed by atoms with van der Waals surface area (Å²) in [4.78, 5) is 0. The Bertz CT molecular complexity index is 452. The van der Waals surface area contributed by atoms with Crippen molar-refractivity contribution in [2.45, 2.75) is 6.61 Å². The lowest BCUT2D eigenvalue weighted by atomic mass is 10.1. The van der Waals surface area contributed by atoms with Crippen LogP contribution in [0.5, 0.6) is 0 Å². The molecule has 2 rings (SSSR count). The SMILES string of the molecule is OCc1cc(I)cc2scc(Cl)c12. The summed E-state index contributed by atoms with van der Waals surface area (Å²) in [5.41, 5.74) is 0.910. The molecule has 0 amide bonds. The Kier molecular flexibility index (Phi) is 2.78. The lowest BCUT2D eigenvalue weighted by Crippen LogP contribution is -1.85. The number of hydrogen-bond acceptors (Lipinski definition) is 2. The number of hydrogen-bond donors (Lipinski definition) is 1. The summed E-state index contributed by atoms with van der Waals surface area (Å²) in [5, 5.41) is 12.8. The zero-order valence-electron chi connectivity index (χ0n) is 6.55. The van der Waals surface area contributed by atoms with Crippen LogP contribution < -0.4 is 0 Å². The monoisotopic (exact) mass is 324 g/mol. The van der Waals surface area contributed by atoms with Crippen molar-refractivity contribution in [3.05, 3.63) is 31.7 Å². The van der Waals surface area contributed by atoms with Crippen LogP contribution in [-0.4, -0.2) is 5.11 Å². The molecular formula is C9H6ClIOS. The topological polar surface area (TPSA) is 20.2 Å². The highest BCUT2D eigenvalue weighted by molar-refractivity contribution is 14.1. The fraction of sp³-hybridized carbons (Fsp3) is 0.111. The second-order valence-electron chi connectivity index (χ2n) is 2.68. The van der Waals surface area contributed by atoms with E-state index in [1.54, 1.807) is 11.3 Å². The zero-order valence-corrected chi connectivity index (χ0v) is 10.3. The average molecular weight is 325 g/mol. The second-order valence-corrected chi connectivity index (χ2v) is 5.24. The first-order valence-electron chi connectivity index (χ1n) is 3.68. The number of thiophene rings is 1. The van der Waals surface area contributed by atoms with Crippen LogP contribution in [0.25, 0.3) is 10.1 Å². The fourth-order valence-electron chi connectivity index (χ4n) is 1.30. The summed E-state index contributed by atoms with van der Waals surface area (Å²) < 4.78 is 2.27. The van der Waals surface area contributed by atoms with Gasteiger partial charge in [0.2, 0.25) is 0 Å². The maximum atomic E-state index is 9.15. The molecule has 0 saturated carbocycles. The minimum atomic E-state index is 0.0454. The number of halogens is 2.